The van der Waals surface area contributed by atoms with Crippen LogP contribution in [0.3, 0.4) is 0 Å². The third-order valence-electron chi connectivity index (χ3n) is 5.16. The van der Waals surface area contributed by atoms with Gasteiger partial charge in [-0.3, -0.25) is 9.36 Å². The van der Waals surface area contributed by atoms with Crippen molar-refractivity contribution in [3.63, 3.8) is 0 Å². The number of halogens is 1. The maximum Gasteiger partial charge on any atom is 0.261 e. The summed E-state index contributed by atoms with van der Waals surface area (Å²) in [6.07, 6.45) is 5.92. The molecular weight excluding hydrogens is 485 g/mol. The average molecular weight is 503 g/mol. The molecule has 146 valence electrons. The van der Waals surface area contributed by atoms with E-state index in [0.717, 1.165) is 25.6 Å². The van der Waals surface area contributed by atoms with Gasteiger partial charge in [-0.05, 0) is 70.1 Å². The van der Waals surface area contributed by atoms with E-state index in [2.05, 4.69) is 33.6 Å². The van der Waals surface area contributed by atoms with Gasteiger partial charge in [0.15, 0.2) is 0 Å². The zero-order chi connectivity index (χ0) is 20.5. The molecule has 0 amide bonds. The zero-order valence-electron chi connectivity index (χ0n) is 16.0. The summed E-state index contributed by atoms with van der Waals surface area (Å²) >= 11 is 2.23. The summed E-state index contributed by atoms with van der Waals surface area (Å²) in [6, 6.07) is 24.0. The van der Waals surface area contributed by atoms with E-state index < -0.39 is 0 Å². The highest BCUT2D eigenvalue weighted by molar-refractivity contribution is 14.1. The van der Waals surface area contributed by atoms with Crippen molar-refractivity contribution in [1.82, 2.24) is 14.5 Å². The number of rotatable bonds is 4. The Morgan fingerprint density at radius 3 is 2.60 bits per heavy atom. The predicted molar refractivity (Wildman–Crippen MR) is 131 cm³/mol. The fraction of sp³-hybridized carbons (Fsp3) is 0.0400. The minimum atomic E-state index is -0.0269. The van der Waals surface area contributed by atoms with Crippen LogP contribution in [0.5, 0.6) is 0 Å². The monoisotopic (exact) mass is 503 g/mol. The first-order chi connectivity index (χ1) is 14.7. The van der Waals surface area contributed by atoms with Gasteiger partial charge in [0, 0.05) is 20.7 Å². The summed E-state index contributed by atoms with van der Waals surface area (Å²) in [5.74, 6) is 0.642. The Morgan fingerprint density at radius 1 is 0.933 bits per heavy atom. The number of fused-ring (bicyclic) bond motifs is 2. The molecule has 2 heterocycles. The van der Waals surface area contributed by atoms with Crippen LogP contribution in [-0.2, 0) is 6.54 Å². The molecule has 0 saturated heterocycles. The van der Waals surface area contributed by atoms with Crippen LogP contribution >= 0.6 is 22.6 Å². The van der Waals surface area contributed by atoms with Gasteiger partial charge in [-0.25, -0.2) is 4.98 Å². The van der Waals surface area contributed by atoms with Crippen LogP contribution in [0.1, 0.15) is 17.0 Å². The Labute approximate surface area is 187 Å². The van der Waals surface area contributed by atoms with Gasteiger partial charge in [0.1, 0.15) is 5.82 Å². The van der Waals surface area contributed by atoms with Crippen LogP contribution in [0.4, 0.5) is 0 Å². The Bertz CT molecular complexity index is 1450. The molecule has 0 unspecified atom stereocenters. The third kappa shape index (κ3) is 3.57. The van der Waals surface area contributed by atoms with Crippen LogP contribution in [-0.4, -0.2) is 14.5 Å². The van der Waals surface area contributed by atoms with Gasteiger partial charge in [0.2, 0.25) is 0 Å². The fourth-order valence-corrected chi connectivity index (χ4v) is 4.14. The van der Waals surface area contributed by atoms with E-state index in [0.29, 0.717) is 23.3 Å². The summed E-state index contributed by atoms with van der Waals surface area (Å²) in [5.41, 5.74) is 3.89. The SMILES string of the molecule is O=c1c2cc(I)ccc2nc(C=Cc2c[nH]c3ccccc23)n1Cc1ccccc1. The van der Waals surface area contributed by atoms with Crippen LogP contribution < -0.4 is 5.56 Å². The second kappa shape index (κ2) is 7.91. The number of para-hydroxylation sites is 1. The molecule has 0 aliphatic heterocycles. The number of H-pyrrole nitrogens is 1. The highest BCUT2D eigenvalue weighted by Crippen LogP contribution is 2.20. The molecule has 0 aliphatic rings. The van der Waals surface area contributed by atoms with Crippen molar-refractivity contribution in [3.8, 4) is 0 Å². The molecule has 0 bridgehead atoms. The van der Waals surface area contributed by atoms with Crippen molar-refractivity contribution in [2.45, 2.75) is 6.54 Å². The summed E-state index contributed by atoms with van der Waals surface area (Å²) in [4.78, 5) is 21.5. The molecule has 0 radical (unpaired) electrons. The third-order valence-corrected chi connectivity index (χ3v) is 5.83. The average Bonchev–Trinajstić information content (AvgIpc) is 3.19. The van der Waals surface area contributed by atoms with Crippen LogP contribution in [0, 0.1) is 3.57 Å². The number of aromatic amines is 1. The van der Waals surface area contributed by atoms with Crippen molar-refractivity contribution in [2.24, 2.45) is 0 Å². The van der Waals surface area contributed by atoms with E-state index in [1.807, 2.05) is 85.1 Å². The number of hydrogen-bond donors (Lipinski definition) is 1. The minimum Gasteiger partial charge on any atom is -0.361 e. The van der Waals surface area contributed by atoms with Crippen LogP contribution in [0.15, 0.2) is 83.8 Å². The van der Waals surface area contributed by atoms with Gasteiger partial charge in [0.25, 0.3) is 5.56 Å². The van der Waals surface area contributed by atoms with Gasteiger partial charge in [-0.1, -0.05) is 48.5 Å². The van der Waals surface area contributed by atoms with E-state index in [4.69, 9.17) is 4.98 Å². The number of benzene rings is 3. The lowest BCUT2D eigenvalue weighted by Gasteiger charge is -2.12. The highest BCUT2D eigenvalue weighted by atomic mass is 127. The van der Waals surface area contributed by atoms with Crippen molar-refractivity contribution in [1.29, 1.82) is 0 Å². The second-order valence-electron chi connectivity index (χ2n) is 7.13. The van der Waals surface area contributed by atoms with E-state index >= 15 is 0 Å². The van der Waals surface area contributed by atoms with E-state index in [9.17, 15) is 4.79 Å². The summed E-state index contributed by atoms with van der Waals surface area (Å²) in [6.45, 7) is 0.474. The molecular formula is C25H18IN3O. The lowest BCUT2D eigenvalue weighted by atomic mass is 10.1. The molecule has 4 nitrogen and oxygen atoms in total. The normalized spacial score (nSPS) is 11.6. The number of nitrogens with zero attached hydrogens (tertiary/aromatic N) is 2. The van der Waals surface area contributed by atoms with Crippen LogP contribution in [0.25, 0.3) is 34.0 Å². The van der Waals surface area contributed by atoms with Crippen molar-refractivity contribution in [3.05, 3.63) is 110 Å². The van der Waals surface area contributed by atoms with Crippen molar-refractivity contribution < 1.29 is 0 Å². The lowest BCUT2D eigenvalue weighted by molar-refractivity contribution is 0.738. The van der Waals surface area contributed by atoms with E-state index in [-0.39, 0.29) is 5.56 Å². The molecule has 5 aromatic rings. The quantitative estimate of drug-likeness (QED) is 0.320. The Balaban J connectivity index is 1.66. The van der Waals surface area contributed by atoms with Crippen molar-refractivity contribution >= 4 is 56.5 Å². The minimum absolute atomic E-state index is 0.0269. The molecule has 0 spiro atoms. The van der Waals surface area contributed by atoms with E-state index in [1.165, 1.54) is 0 Å². The second-order valence-corrected chi connectivity index (χ2v) is 8.38. The van der Waals surface area contributed by atoms with Gasteiger partial charge in [-0.15, -0.1) is 0 Å². The molecule has 30 heavy (non-hydrogen) atoms. The maximum absolute atomic E-state index is 13.4. The van der Waals surface area contributed by atoms with Gasteiger partial charge in [-0.2, -0.15) is 0 Å². The molecule has 0 atom stereocenters. The van der Waals surface area contributed by atoms with E-state index in [1.54, 1.807) is 4.57 Å². The number of nitrogens with one attached hydrogen (secondary N) is 1. The Morgan fingerprint density at radius 2 is 1.73 bits per heavy atom. The van der Waals surface area contributed by atoms with Crippen LogP contribution in [0.2, 0.25) is 0 Å². The molecule has 5 heteroatoms. The molecule has 0 saturated carbocycles. The smallest absolute Gasteiger partial charge is 0.261 e. The predicted octanol–water partition coefficient (Wildman–Crippen LogP) is 5.70. The zero-order valence-corrected chi connectivity index (χ0v) is 18.2. The topological polar surface area (TPSA) is 50.7 Å². The molecule has 0 aliphatic carbocycles. The molecule has 1 N–H and O–H groups in total. The summed E-state index contributed by atoms with van der Waals surface area (Å²) < 4.78 is 2.77. The van der Waals surface area contributed by atoms with Gasteiger partial charge in [0.05, 0.1) is 17.4 Å². The van der Waals surface area contributed by atoms with Gasteiger partial charge >= 0.3 is 0 Å². The first-order valence-electron chi connectivity index (χ1n) is 9.67. The lowest BCUT2D eigenvalue weighted by Crippen LogP contribution is -2.24. The van der Waals surface area contributed by atoms with Gasteiger partial charge < -0.3 is 4.98 Å². The summed E-state index contributed by atoms with van der Waals surface area (Å²) in [7, 11) is 0. The Kier molecular flexibility index (Phi) is 4.96. The molecule has 0 fully saturated rings. The number of aromatic nitrogens is 3. The standard InChI is InChI=1S/C25H18IN3O/c26-19-11-12-23-21(14-19)25(30)29(16-17-6-2-1-3-7-17)24(28-23)13-10-18-15-27-22-9-5-4-8-20(18)22/h1-15,27H,16H2. The molecule has 3 aromatic carbocycles. The highest BCUT2D eigenvalue weighted by Gasteiger charge is 2.11. The first-order valence-corrected chi connectivity index (χ1v) is 10.8. The first kappa shape index (κ1) is 18.8. The maximum atomic E-state index is 13.4. The largest absolute Gasteiger partial charge is 0.361 e. The van der Waals surface area contributed by atoms with Crippen molar-refractivity contribution in [2.75, 3.05) is 0 Å². The molecule has 2 aromatic heterocycles. The molecule has 5 rings (SSSR count). The Hall–Kier alpha value is -3.19. The fourth-order valence-electron chi connectivity index (χ4n) is 3.65. The summed E-state index contributed by atoms with van der Waals surface area (Å²) in [5, 5.41) is 1.78. The number of hydrogen-bond acceptors (Lipinski definition) is 2.